The van der Waals surface area contributed by atoms with Crippen LogP contribution in [0, 0.1) is 11.8 Å². The number of fused-ring (bicyclic) bond motifs is 1. The van der Waals surface area contributed by atoms with Crippen molar-refractivity contribution in [2.75, 3.05) is 27.9 Å². The Bertz CT molecular complexity index is 1290. The minimum Gasteiger partial charge on any atom is -0.497 e. The molecule has 3 atom stereocenters. The standard InChI is InChI=1S/C33H46N4O7/c1-20(2)12-23-19-44-29-11-9-8-10-26(29)31(39)36-27(17-30(38)35-28(13-21(3)4)33(41)37(23)5)32(40)34-18-22-14-24(42-6)16-25(15-22)43-7/h8-11,14-16,20-21,23,27-28H,12-13,17-19H2,1-7H3,(H,34,40)(H,35,38)(H,36,39)/t23-,27-,28+/m0/s1. The Morgan fingerprint density at radius 3 is 2.23 bits per heavy atom. The number of benzene rings is 2. The molecule has 4 amide bonds. The van der Waals surface area contributed by atoms with Crippen LogP contribution >= 0.6 is 0 Å². The summed E-state index contributed by atoms with van der Waals surface area (Å²) in [7, 11) is 4.77. The van der Waals surface area contributed by atoms with E-state index >= 15 is 0 Å². The van der Waals surface area contributed by atoms with Crippen LogP contribution in [0.5, 0.6) is 17.2 Å². The highest BCUT2D eigenvalue weighted by atomic mass is 16.5. The summed E-state index contributed by atoms with van der Waals surface area (Å²) in [5.41, 5.74) is 0.918. The molecule has 0 aromatic heterocycles. The van der Waals surface area contributed by atoms with E-state index in [1.165, 1.54) is 14.2 Å². The summed E-state index contributed by atoms with van der Waals surface area (Å²) in [6, 6.07) is 9.61. The zero-order chi connectivity index (χ0) is 32.4. The topological polar surface area (TPSA) is 135 Å². The Morgan fingerprint density at radius 1 is 0.977 bits per heavy atom. The minimum absolute atomic E-state index is 0.0938. The molecular formula is C33H46N4O7. The lowest BCUT2D eigenvalue weighted by Crippen LogP contribution is -2.54. The van der Waals surface area contributed by atoms with Gasteiger partial charge in [-0.2, -0.15) is 0 Å². The highest BCUT2D eigenvalue weighted by Crippen LogP contribution is 2.23. The molecule has 44 heavy (non-hydrogen) atoms. The summed E-state index contributed by atoms with van der Waals surface area (Å²) < 4.78 is 16.8. The first kappa shape index (κ1) is 34.2. The molecule has 11 heteroatoms. The molecule has 11 nitrogen and oxygen atoms in total. The van der Waals surface area contributed by atoms with E-state index in [1.807, 2.05) is 13.8 Å². The van der Waals surface area contributed by atoms with E-state index in [1.54, 1.807) is 54.4 Å². The molecular weight excluding hydrogens is 564 g/mol. The van der Waals surface area contributed by atoms with Crippen LogP contribution in [0.3, 0.4) is 0 Å². The van der Waals surface area contributed by atoms with Gasteiger partial charge in [-0.25, -0.2) is 0 Å². The van der Waals surface area contributed by atoms with Crippen molar-refractivity contribution in [1.29, 1.82) is 0 Å². The average Bonchev–Trinajstić information content (AvgIpc) is 2.99. The third kappa shape index (κ3) is 9.62. The molecule has 0 radical (unpaired) electrons. The van der Waals surface area contributed by atoms with Gasteiger partial charge in [0.2, 0.25) is 17.7 Å². The third-order valence-electron chi connectivity index (χ3n) is 7.43. The van der Waals surface area contributed by atoms with Crippen molar-refractivity contribution in [3.63, 3.8) is 0 Å². The van der Waals surface area contributed by atoms with Crippen LogP contribution < -0.4 is 30.2 Å². The van der Waals surface area contributed by atoms with Crippen LogP contribution in [0.4, 0.5) is 0 Å². The molecule has 0 unspecified atom stereocenters. The number of carbonyl (C=O) groups excluding carboxylic acids is 4. The van der Waals surface area contributed by atoms with E-state index in [4.69, 9.17) is 14.2 Å². The molecule has 2 aromatic carbocycles. The molecule has 0 saturated carbocycles. The highest BCUT2D eigenvalue weighted by molar-refractivity contribution is 6.01. The fourth-order valence-electron chi connectivity index (χ4n) is 5.13. The van der Waals surface area contributed by atoms with Crippen LogP contribution in [-0.2, 0) is 20.9 Å². The number of ether oxygens (including phenoxy) is 3. The second kappa shape index (κ2) is 16.0. The summed E-state index contributed by atoms with van der Waals surface area (Å²) in [6.45, 7) is 8.32. The van der Waals surface area contributed by atoms with Crippen molar-refractivity contribution in [2.24, 2.45) is 11.8 Å². The van der Waals surface area contributed by atoms with Gasteiger partial charge < -0.3 is 35.1 Å². The lowest BCUT2D eigenvalue weighted by Gasteiger charge is -2.33. The number of carbonyl (C=O) groups is 4. The van der Waals surface area contributed by atoms with Gasteiger partial charge in [-0.1, -0.05) is 39.8 Å². The lowest BCUT2D eigenvalue weighted by molar-refractivity contribution is -0.138. The molecule has 3 N–H and O–H groups in total. The van der Waals surface area contributed by atoms with Crippen molar-refractivity contribution in [3.8, 4) is 17.2 Å². The van der Waals surface area contributed by atoms with E-state index in [-0.39, 0.29) is 48.9 Å². The number of nitrogens with one attached hydrogen (secondary N) is 3. The number of nitrogens with zero attached hydrogens (tertiary/aromatic N) is 1. The summed E-state index contributed by atoms with van der Waals surface area (Å²) in [4.78, 5) is 55.8. The van der Waals surface area contributed by atoms with Gasteiger partial charge in [0, 0.05) is 19.7 Å². The second-order valence-electron chi connectivity index (χ2n) is 12.0. The van der Waals surface area contributed by atoms with Gasteiger partial charge in [0.25, 0.3) is 5.91 Å². The SMILES string of the molecule is COc1cc(CNC(=O)[C@@H]2CC(=O)N[C@H](CC(C)C)C(=O)N(C)[C@@H](CC(C)C)COc3ccccc3C(=O)N2)cc(OC)c1. The van der Waals surface area contributed by atoms with E-state index in [0.717, 1.165) is 0 Å². The fraction of sp³-hybridized carbons (Fsp3) is 0.515. The third-order valence-corrected chi connectivity index (χ3v) is 7.43. The Kier molecular flexibility index (Phi) is 12.4. The van der Waals surface area contributed by atoms with Gasteiger partial charge in [0.15, 0.2) is 0 Å². The van der Waals surface area contributed by atoms with Gasteiger partial charge in [-0.3, -0.25) is 19.2 Å². The van der Waals surface area contributed by atoms with E-state index in [2.05, 4.69) is 29.8 Å². The van der Waals surface area contributed by atoms with Crippen LogP contribution in [-0.4, -0.2) is 74.5 Å². The summed E-state index contributed by atoms with van der Waals surface area (Å²) in [6.07, 6.45) is 0.706. The normalized spacial score (nSPS) is 19.8. The number of hydrogen-bond acceptors (Lipinski definition) is 7. The number of likely N-dealkylation sites (N-methyl/N-ethyl adjacent to an activating group) is 1. The summed E-state index contributed by atoms with van der Waals surface area (Å²) >= 11 is 0. The minimum atomic E-state index is -1.23. The molecule has 0 spiro atoms. The molecule has 0 bridgehead atoms. The van der Waals surface area contributed by atoms with Gasteiger partial charge in [0.05, 0.1) is 32.2 Å². The molecule has 2 aromatic rings. The fourth-order valence-corrected chi connectivity index (χ4v) is 5.13. The van der Waals surface area contributed by atoms with Gasteiger partial charge in [0.1, 0.15) is 35.9 Å². The molecule has 0 fully saturated rings. The predicted molar refractivity (Wildman–Crippen MR) is 167 cm³/mol. The van der Waals surface area contributed by atoms with Gasteiger partial charge >= 0.3 is 0 Å². The van der Waals surface area contributed by atoms with E-state index in [9.17, 15) is 19.2 Å². The molecule has 0 saturated heterocycles. The molecule has 0 aliphatic carbocycles. The molecule has 1 aliphatic rings. The molecule has 3 rings (SSSR count). The Labute approximate surface area is 260 Å². The smallest absolute Gasteiger partial charge is 0.255 e. The molecule has 240 valence electrons. The van der Waals surface area contributed by atoms with E-state index < -0.39 is 29.8 Å². The first-order valence-corrected chi connectivity index (χ1v) is 15.0. The van der Waals surface area contributed by atoms with Crippen molar-refractivity contribution < 1.29 is 33.4 Å². The largest absolute Gasteiger partial charge is 0.497 e. The Morgan fingerprint density at radius 2 is 1.61 bits per heavy atom. The quantitative estimate of drug-likeness (QED) is 0.397. The maximum absolute atomic E-state index is 13.8. The van der Waals surface area contributed by atoms with Crippen LogP contribution in [0.15, 0.2) is 42.5 Å². The summed E-state index contributed by atoms with van der Waals surface area (Å²) in [5, 5.41) is 8.37. The second-order valence-corrected chi connectivity index (χ2v) is 12.0. The number of rotatable bonds is 9. The average molecular weight is 611 g/mol. The van der Waals surface area contributed by atoms with Crippen LogP contribution in [0.1, 0.15) is 62.9 Å². The lowest BCUT2D eigenvalue weighted by atomic mass is 9.99. The van der Waals surface area contributed by atoms with Crippen LogP contribution in [0.2, 0.25) is 0 Å². The summed E-state index contributed by atoms with van der Waals surface area (Å²) in [5.74, 6) is -0.0730. The number of amides is 4. The van der Waals surface area contributed by atoms with Crippen molar-refractivity contribution in [3.05, 3.63) is 53.6 Å². The van der Waals surface area contributed by atoms with Crippen molar-refractivity contribution in [1.82, 2.24) is 20.9 Å². The first-order chi connectivity index (χ1) is 20.9. The number of para-hydroxylation sites is 1. The zero-order valence-electron chi connectivity index (χ0n) is 26.8. The Hall–Kier alpha value is -4.28. The molecule has 1 heterocycles. The monoisotopic (exact) mass is 610 g/mol. The Balaban J connectivity index is 1.94. The maximum atomic E-state index is 13.8. The zero-order valence-corrected chi connectivity index (χ0v) is 26.8. The van der Waals surface area contributed by atoms with Gasteiger partial charge in [-0.05, 0) is 54.5 Å². The number of methoxy groups -OCH3 is 2. The predicted octanol–water partition coefficient (Wildman–Crippen LogP) is 3.31. The van der Waals surface area contributed by atoms with Crippen molar-refractivity contribution >= 4 is 23.6 Å². The first-order valence-electron chi connectivity index (χ1n) is 15.0. The van der Waals surface area contributed by atoms with E-state index in [0.29, 0.717) is 35.7 Å². The molecule has 1 aliphatic heterocycles. The van der Waals surface area contributed by atoms with Crippen molar-refractivity contribution in [2.45, 2.75) is 71.6 Å². The maximum Gasteiger partial charge on any atom is 0.255 e. The van der Waals surface area contributed by atoms with Crippen LogP contribution in [0.25, 0.3) is 0 Å². The van der Waals surface area contributed by atoms with Gasteiger partial charge in [-0.15, -0.1) is 0 Å². The number of hydrogen-bond donors (Lipinski definition) is 3. The highest BCUT2D eigenvalue weighted by Gasteiger charge is 2.33.